The van der Waals surface area contributed by atoms with Crippen molar-refractivity contribution in [1.29, 1.82) is 0 Å². The predicted molar refractivity (Wildman–Crippen MR) is 181 cm³/mol. The molecule has 1 N–H and O–H groups in total. The Morgan fingerprint density at radius 1 is 0.822 bits per heavy atom. The summed E-state index contributed by atoms with van der Waals surface area (Å²) in [5, 5.41) is 3.63. The largest absolute Gasteiger partial charge is 0.354 e. The second kappa shape index (κ2) is 15.4. The smallest absolute Gasteiger partial charge is 0.264 e. The van der Waals surface area contributed by atoms with Crippen molar-refractivity contribution in [2.24, 2.45) is 5.92 Å². The number of nitrogens with zero attached hydrogens (tertiary/aromatic N) is 2. The first-order valence-corrected chi connectivity index (χ1v) is 16.9. The number of anilines is 1. The van der Waals surface area contributed by atoms with E-state index in [0.29, 0.717) is 27.8 Å². The summed E-state index contributed by atoms with van der Waals surface area (Å²) in [6.45, 7) is 5.53. The van der Waals surface area contributed by atoms with E-state index < -0.39 is 28.5 Å². The van der Waals surface area contributed by atoms with Crippen LogP contribution in [0.25, 0.3) is 0 Å². The minimum absolute atomic E-state index is 0.0375. The summed E-state index contributed by atoms with van der Waals surface area (Å²) < 4.78 is 29.2. The van der Waals surface area contributed by atoms with E-state index in [1.165, 1.54) is 17.0 Å². The second-order valence-corrected chi connectivity index (χ2v) is 13.9. The Labute approximate surface area is 275 Å². The molecule has 0 heterocycles. The molecule has 1 atom stereocenters. The normalized spacial score (nSPS) is 12.0. The van der Waals surface area contributed by atoms with Crippen molar-refractivity contribution < 1.29 is 18.0 Å². The number of amides is 2. The quantitative estimate of drug-likeness (QED) is 0.168. The standard InChI is InChI=1S/C35H37Cl2N3O4S/c1-25(2)22-38-35(42)33(21-27-13-6-4-7-14-27)39(23-30-31(36)18-11-19-32(30)37)34(41)24-40(28-15-10-12-26(3)20-28)45(43,44)29-16-8-5-9-17-29/h4-20,25,33H,21-24H2,1-3H3,(H,38,42)/t33-/m0/s1. The molecule has 0 aliphatic carbocycles. The van der Waals surface area contributed by atoms with E-state index in [4.69, 9.17) is 23.2 Å². The molecule has 0 aliphatic heterocycles. The Kier molecular flexibility index (Phi) is 11.7. The number of aryl methyl sites for hydroxylation is 1. The molecule has 45 heavy (non-hydrogen) atoms. The van der Waals surface area contributed by atoms with Gasteiger partial charge < -0.3 is 10.2 Å². The maximum atomic E-state index is 14.5. The third-order valence-corrected chi connectivity index (χ3v) is 9.74. The SMILES string of the molecule is Cc1cccc(N(CC(=O)N(Cc2c(Cl)cccc2Cl)[C@@H](Cc2ccccc2)C(=O)NCC(C)C)S(=O)(=O)c2ccccc2)c1. The lowest BCUT2D eigenvalue weighted by molar-refractivity contribution is -0.140. The van der Waals surface area contributed by atoms with Gasteiger partial charge in [-0.25, -0.2) is 8.42 Å². The second-order valence-electron chi connectivity index (χ2n) is 11.2. The molecule has 7 nitrogen and oxygen atoms in total. The van der Waals surface area contributed by atoms with Gasteiger partial charge in [0.1, 0.15) is 12.6 Å². The van der Waals surface area contributed by atoms with Crippen molar-refractivity contribution >= 4 is 50.7 Å². The number of hydrogen-bond acceptors (Lipinski definition) is 4. The van der Waals surface area contributed by atoms with Crippen molar-refractivity contribution in [2.75, 3.05) is 17.4 Å². The van der Waals surface area contributed by atoms with E-state index in [1.54, 1.807) is 54.6 Å². The molecule has 0 aromatic heterocycles. The van der Waals surface area contributed by atoms with Crippen LogP contribution in [0.15, 0.2) is 108 Å². The average Bonchev–Trinajstić information content (AvgIpc) is 3.02. The van der Waals surface area contributed by atoms with E-state index in [1.807, 2.05) is 57.2 Å². The molecule has 0 bridgehead atoms. The van der Waals surface area contributed by atoms with Gasteiger partial charge >= 0.3 is 0 Å². The maximum absolute atomic E-state index is 14.5. The van der Waals surface area contributed by atoms with Crippen molar-refractivity contribution in [3.05, 3.63) is 130 Å². The van der Waals surface area contributed by atoms with E-state index >= 15 is 0 Å². The molecule has 2 amide bonds. The summed E-state index contributed by atoms with van der Waals surface area (Å²) in [7, 11) is -4.18. The van der Waals surface area contributed by atoms with Gasteiger partial charge in [-0.05, 0) is 60.4 Å². The van der Waals surface area contributed by atoms with E-state index in [-0.39, 0.29) is 29.7 Å². The van der Waals surface area contributed by atoms with Crippen LogP contribution in [-0.2, 0) is 32.6 Å². The summed E-state index contributed by atoms with van der Waals surface area (Å²) in [6.07, 6.45) is 0.189. The van der Waals surface area contributed by atoms with E-state index in [9.17, 15) is 18.0 Å². The van der Waals surface area contributed by atoms with Gasteiger partial charge in [0.25, 0.3) is 10.0 Å². The van der Waals surface area contributed by atoms with Gasteiger partial charge in [0.2, 0.25) is 11.8 Å². The topological polar surface area (TPSA) is 86.8 Å². The Bertz CT molecular complexity index is 1700. The molecule has 4 rings (SSSR count). The van der Waals surface area contributed by atoms with Crippen molar-refractivity contribution in [1.82, 2.24) is 10.2 Å². The first kappa shape index (κ1) is 34.0. The van der Waals surface area contributed by atoms with Crippen LogP contribution >= 0.6 is 23.2 Å². The van der Waals surface area contributed by atoms with Crippen LogP contribution in [-0.4, -0.2) is 44.3 Å². The Balaban J connectivity index is 1.83. The zero-order valence-electron chi connectivity index (χ0n) is 25.5. The van der Waals surface area contributed by atoms with Gasteiger partial charge in [-0.2, -0.15) is 0 Å². The molecule has 0 saturated carbocycles. The Morgan fingerprint density at radius 2 is 1.42 bits per heavy atom. The van der Waals surface area contributed by atoms with Gasteiger partial charge in [0, 0.05) is 35.1 Å². The predicted octanol–water partition coefficient (Wildman–Crippen LogP) is 6.91. The fourth-order valence-corrected chi connectivity index (χ4v) is 6.81. The van der Waals surface area contributed by atoms with Gasteiger partial charge in [0.15, 0.2) is 0 Å². The monoisotopic (exact) mass is 665 g/mol. The van der Waals surface area contributed by atoms with Crippen LogP contribution in [0.4, 0.5) is 5.69 Å². The summed E-state index contributed by atoms with van der Waals surface area (Å²) in [4.78, 5) is 29.8. The molecule has 0 spiro atoms. The van der Waals surface area contributed by atoms with Crippen LogP contribution in [0.5, 0.6) is 0 Å². The molecule has 4 aromatic carbocycles. The van der Waals surface area contributed by atoms with E-state index in [2.05, 4.69) is 5.32 Å². The molecule has 0 unspecified atom stereocenters. The van der Waals surface area contributed by atoms with Crippen LogP contribution < -0.4 is 9.62 Å². The number of halogens is 2. The third kappa shape index (κ3) is 8.87. The van der Waals surface area contributed by atoms with Crippen LogP contribution in [0.2, 0.25) is 10.0 Å². The highest BCUT2D eigenvalue weighted by Crippen LogP contribution is 2.29. The van der Waals surface area contributed by atoms with Crippen molar-refractivity contribution in [3.63, 3.8) is 0 Å². The average molecular weight is 667 g/mol. The van der Waals surface area contributed by atoms with E-state index in [0.717, 1.165) is 15.4 Å². The minimum Gasteiger partial charge on any atom is -0.354 e. The van der Waals surface area contributed by atoms with Gasteiger partial charge in [-0.1, -0.05) is 104 Å². The van der Waals surface area contributed by atoms with Crippen LogP contribution in [0.1, 0.15) is 30.5 Å². The highest BCUT2D eigenvalue weighted by molar-refractivity contribution is 7.92. The number of sulfonamides is 1. The molecular formula is C35H37Cl2N3O4S. The highest BCUT2D eigenvalue weighted by Gasteiger charge is 2.35. The molecule has 236 valence electrons. The first-order valence-electron chi connectivity index (χ1n) is 14.7. The highest BCUT2D eigenvalue weighted by atomic mass is 35.5. The lowest BCUT2D eigenvalue weighted by Crippen LogP contribution is -2.53. The van der Waals surface area contributed by atoms with Crippen molar-refractivity contribution in [2.45, 2.75) is 44.7 Å². The number of rotatable bonds is 13. The van der Waals surface area contributed by atoms with Crippen molar-refractivity contribution in [3.8, 4) is 0 Å². The van der Waals surface area contributed by atoms with Gasteiger partial charge in [-0.3, -0.25) is 13.9 Å². The number of benzene rings is 4. The lowest BCUT2D eigenvalue weighted by atomic mass is 10.0. The van der Waals surface area contributed by atoms with Crippen LogP contribution in [0.3, 0.4) is 0 Å². The van der Waals surface area contributed by atoms with Crippen LogP contribution in [0, 0.1) is 12.8 Å². The molecule has 0 radical (unpaired) electrons. The summed E-state index contributed by atoms with van der Waals surface area (Å²) >= 11 is 13.1. The van der Waals surface area contributed by atoms with Gasteiger partial charge in [-0.15, -0.1) is 0 Å². The fraction of sp³-hybridized carbons (Fsp3) is 0.257. The molecule has 0 saturated heterocycles. The zero-order valence-corrected chi connectivity index (χ0v) is 27.8. The molecular weight excluding hydrogens is 629 g/mol. The number of carbonyl (C=O) groups excluding carboxylic acids is 2. The summed E-state index contributed by atoms with van der Waals surface area (Å²) in [5.41, 5.74) is 2.43. The first-order chi connectivity index (χ1) is 21.5. The number of nitrogens with one attached hydrogen (secondary N) is 1. The molecule has 10 heteroatoms. The lowest BCUT2D eigenvalue weighted by Gasteiger charge is -2.34. The number of carbonyl (C=O) groups is 2. The molecule has 4 aromatic rings. The Hall–Kier alpha value is -3.85. The minimum atomic E-state index is -4.18. The number of hydrogen-bond donors (Lipinski definition) is 1. The summed E-state index contributed by atoms with van der Waals surface area (Å²) in [6, 6.07) is 28.3. The Morgan fingerprint density at radius 3 is 2.02 bits per heavy atom. The molecule has 0 fully saturated rings. The third-order valence-electron chi connectivity index (χ3n) is 7.25. The maximum Gasteiger partial charge on any atom is 0.264 e. The summed E-state index contributed by atoms with van der Waals surface area (Å²) in [5.74, 6) is -0.786. The van der Waals surface area contributed by atoms with Gasteiger partial charge in [0.05, 0.1) is 10.6 Å². The fourth-order valence-electron chi connectivity index (χ4n) is 4.86. The zero-order chi connectivity index (χ0) is 32.6. The molecule has 0 aliphatic rings.